The number of rotatable bonds is 33. The quantitative estimate of drug-likeness (QED) is 0.0226. The molecule has 0 saturated heterocycles. The van der Waals surface area contributed by atoms with Gasteiger partial charge in [-0.1, -0.05) is 129 Å². The number of benzene rings is 5. The van der Waals surface area contributed by atoms with Gasteiger partial charge in [-0.3, -0.25) is 0 Å². The SMILES string of the molecule is CCCCCCCCCCCCOc1ccc(OC(=O)c2ccc(OC(=O)c3ccc(OC)c(C(=O)Oc4ccc(C(=O)Oc5ccc(OCCCCCCCCCCCC)cc5)cc4)c3)cc2)cc1. The van der Waals surface area contributed by atoms with Crippen LogP contribution in [0.5, 0.6) is 40.2 Å². The van der Waals surface area contributed by atoms with Gasteiger partial charge in [-0.25, -0.2) is 19.2 Å². The molecule has 0 spiro atoms. The summed E-state index contributed by atoms with van der Waals surface area (Å²) < 4.78 is 39.4. The predicted octanol–water partition coefficient (Wildman–Crippen LogP) is 15.2. The summed E-state index contributed by atoms with van der Waals surface area (Å²) in [6.45, 7) is 5.77. The number of hydrogen-bond donors (Lipinski definition) is 0. The number of ether oxygens (including phenoxy) is 7. The van der Waals surface area contributed by atoms with Crippen molar-refractivity contribution in [3.8, 4) is 40.2 Å². The zero-order chi connectivity index (χ0) is 49.6. The number of carbonyl (C=O) groups is 4. The van der Waals surface area contributed by atoms with Crippen molar-refractivity contribution in [3.05, 3.63) is 138 Å². The number of methoxy groups -OCH3 is 1. The molecule has 0 heterocycles. The molecule has 0 atom stereocenters. The van der Waals surface area contributed by atoms with Gasteiger partial charge in [0, 0.05) is 0 Å². The molecule has 0 unspecified atom stereocenters. The van der Waals surface area contributed by atoms with E-state index in [1.165, 1.54) is 177 Å². The summed E-state index contributed by atoms with van der Waals surface area (Å²) in [7, 11) is 1.39. The van der Waals surface area contributed by atoms with E-state index in [1.54, 1.807) is 48.5 Å². The zero-order valence-electron chi connectivity index (χ0n) is 41.5. The Morgan fingerprint density at radius 2 is 0.614 bits per heavy atom. The Kier molecular flexibility index (Phi) is 24.4. The van der Waals surface area contributed by atoms with Crippen molar-refractivity contribution >= 4 is 23.9 Å². The van der Waals surface area contributed by atoms with Crippen LogP contribution in [0, 0.1) is 0 Å². The topological polar surface area (TPSA) is 133 Å². The predicted molar refractivity (Wildman–Crippen MR) is 273 cm³/mol. The Labute approximate surface area is 415 Å². The molecule has 0 radical (unpaired) electrons. The molecule has 0 aliphatic carbocycles. The summed E-state index contributed by atoms with van der Waals surface area (Å²) in [5, 5.41) is 0. The van der Waals surface area contributed by atoms with E-state index in [2.05, 4.69) is 13.8 Å². The van der Waals surface area contributed by atoms with Crippen LogP contribution in [0.4, 0.5) is 0 Å². The van der Waals surface area contributed by atoms with Gasteiger partial charge in [0.25, 0.3) is 0 Å². The van der Waals surface area contributed by atoms with E-state index in [0.717, 1.165) is 25.7 Å². The van der Waals surface area contributed by atoms with Gasteiger partial charge in [-0.2, -0.15) is 0 Å². The summed E-state index contributed by atoms with van der Waals surface area (Å²) in [6.07, 6.45) is 25.2. The van der Waals surface area contributed by atoms with Crippen LogP contribution < -0.4 is 33.2 Å². The third-order valence-corrected chi connectivity index (χ3v) is 11.9. The lowest BCUT2D eigenvalue weighted by Crippen LogP contribution is -2.14. The fraction of sp³-hybridized carbons (Fsp3) is 0.424. The number of carbonyl (C=O) groups excluding carboxylic acids is 4. The maximum absolute atomic E-state index is 13.3. The lowest BCUT2D eigenvalue weighted by Gasteiger charge is -2.11. The van der Waals surface area contributed by atoms with Crippen LogP contribution in [0.2, 0.25) is 0 Å². The first-order valence-corrected chi connectivity index (χ1v) is 25.5. The summed E-state index contributed by atoms with van der Waals surface area (Å²) in [5.74, 6) is -0.0498. The van der Waals surface area contributed by atoms with Crippen LogP contribution >= 0.6 is 0 Å². The molecule has 0 N–H and O–H groups in total. The molecule has 5 aromatic rings. The van der Waals surface area contributed by atoms with E-state index in [9.17, 15) is 19.2 Å². The van der Waals surface area contributed by atoms with E-state index < -0.39 is 23.9 Å². The average Bonchev–Trinajstić information content (AvgIpc) is 3.38. The lowest BCUT2D eigenvalue weighted by molar-refractivity contribution is 0.0722. The Bertz CT molecular complexity index is 2300. The van der Waals surface area contributed by atoms with Gasteiger partial charge in [0.1, 0.15) is 45.8 Å². The molecule has 0 saturated carbocycles. The summed E-state index contributed by atoms with van der Waals surface area (Å²) in [6, 6.07) is 29.9. The molecule has 70 heavy (non-hydrogen) atoms. The van der Waals surface area contributed by atoms with Gasteiger partial charge in [0.2, 0.25) is 0 Å². The highest BCUT2D eigenvalue weighted by atomic mass is 16.6. The third-order valence-electron chi connectivity index (χ3n) is 11.9. The zero-order valence-corrected chi connectivity index (χ0v) is 41.5. The molecule has 5 aromatic carbocycles. The molecule has 11 nitrogen and oxygen atoms in total. The minimum absolute atomic E-state index is 0.0249. The number of esters is 4. The van der Waals surface area contributed by atoms with Gasteiger partial charge in [0.15, 0.2) is 0 Å². The molecule has 0 aliphatic heterocycles. The highest BCUT2D eigenvalue weighted by molar-refractivity contribution is 5.99. The first kappa shape index (κ1) is 54.3. The van der Waals surface area contributed by atoms with E-state index in [0.29, 0.717) is 36.2 Å². The van der Waals surface area contributed by atoms with Gasteiger partial charge in [0.05, 0.1) is 37.0 Å². The van der Waals surface area contributed by atoms with E-state index in [-0.39, 0.29) is 39.5 Å². The van der Waals surface area contributed by atoms with E-state index in [4.69, 9.17) is 33.2 Å². The van der Waals surface area contributed by atoms with Crippen molar-refractivity contribution < 1.29 is 52.3 Å². The summed E-state index contributed by atoms with van der Waals surface area (Å²) in [4.78, 5) is 52.4. The Morgan fingerprint density at radius 1 is 0.329 bits per heavy atom. The second kappa shape index (κ2) is 31.5. The molecule has 0 bridgehead atoms. The third kappa shape index (κ3) is 19.8. The van der Waals surface area contributed by atoms with Gasteiger partial charge < -0.3 is 33.2 Å². The molecular weight excluding hydrogens is 885 g/mol. The number of unbranched alkanes of at least 4 members (excludes halogenated alkanes) is 18. The fourth-order valence-electron chi connectivity index (χ4n) is 7.74. The minimum atomic E-state index is -0.799. The Hall–Kier alpha value is -6.62. The molecule has 5 rings (SSSR count). The van der Waals surface area contributed by atoms with Gasteiger partial charge in [-0.05, 0) is 128 Å². The Morgan fingerprint density at radius 3 is 0.971 bits per heavy atom. The summed E-state index contributed by atoms with van der Waals surface area (Å²) >= 11 is 0. The minimum Gasteiger partial charge on any atom is -0.496 e. The lowest BCUT2D eigenvalue weighted by atomic mass is 10.1. The molecule has 0 fully saturated rings. The van der Waals surface area contributed by atoms with Crippen LogP contribution in [0.1, 0.15) is 184 Å². The molecule has 11 heteroatoms. The normalized spacial score (nSPS) is 10.8. The molecule has 0 aromatic heterocycles. The van der Waals surface area contributed by atoms with Crippen molar-refractivity contribution in [1.82, 2.24) is 0 Å². The molecule has 374 valence electrons. The van der Waals surface area contributed by atoms with Crippen molar-refractivity contribution in [2.45, 2.75) is 142 Å². The standard InChI is InChI=1S/C59H72O11/c1-4-6-8-10-12-14-16-18-20-22-42-65-48-33-37-52(38-34-48)67-56(60)45-24-29-50(30-25-45)69-58(62)47-28-41-55(64-3)54(44-47)59(63)70-51-31-26-46(27-32-51)57(61)68-53-39-35-49(36-40-53)66-43-23-21-19-17-15-13-11-9-7-5-2/h24-41,44H,4-23,42-43H2,1-3H3. The van der Waals surface area contributed by atoms with Gasteiger partial charge >= 0.3 is 23.9 Å². The van der Waals surface area contributed by atoms with E-state index >= 15 is 0 Å². The fourth-order valence-corrected chi connectivity index (χ4v) is 7.74. The largest absolute Gasteiger partial charge is 0.496 e. The smallest absolute Gasteiger partial charge is 0.347 e. The van der Waals surface area contributed by atoms with Crippen molar-refractivity contribution in [2.75, 3.05) is 20.3 Å². The molecular formula is C59H72O11. The van der Waals surface area contributed by atoms with Crippen LogP contribution in [0.3, 0.4) is 0 Å². The second-order valence-corrected chi connectivity index (χ2v) is 17.5. The van der Waals surface area contributed by atoms with Crippen LogP contribution in [-0.4, -0.2) is 44.2 Å². The maximum Gasteiger partial charge on any atom is 0.347 e. The van der Waals surface area contributed by atoms with Gasteiger partial charge in [-0.15, -0.1) is 0 Å². The van der Waals surface area contributed by atoms with Crippen LogP contribution in [0.25, 0.3) is 0 Å². The van der Waals surface area contributed by atoms with Crippen molar-refractivity contribution in [3.63, 3.8) is 0 Å². The second-order valence-electron chi connectivity index (χ2n) is 17.5. The highest BCUT2D eigenvalue weighted by Crippen LogP contribution is 2.26. The van der Waals surface area contributed by atoms with Crippen LogP contribution in [-0.2, 0) is 0 Å². The summed E-state index contributed by atoms with van der Waals surface area (Å²) in [5.41, 5.74) is 0.534. The first-order valence-electron chi connectivity index (χ1n) is 25.5. The Balaban J connectivity index is 1.01. The monoisotopic (exact) mass is 957 g/mol. The average molecular weight is 957 g/mol. The van der Waals surface area contributed by atoms with Crippen molar-refractivity contribution in [1.29, 1.82) is 0 Å². The van der Waals surface area contributed by atoms with Crippen LogP contribution in [0.15, 0.2) is 115 Å². The van der Waals surface area contributed by atoms with Crippen molar-refractivity contribution in [2.24, 2.45) is 0 Å². The molecule has 0 aliphatic rings. The first-order chi connectivity index (χ1) is 34.3. The molecule has 0 amide bonds. The van der Waals surface area contributed by atoms with E-state index in [1.807, 2.05) is 0 Å². The number of hydrogen-bond acceptors (Lipinski definition) is 11. The maximum atomic E-state index is 13.3. The highest BCUT2D eigenvalue weighted by Gasteiger charge is 2.20.